The van der Waals surface area contributed by atoms with E-state index < -0.39 is 0 Å². The molecule has 3 aromatic heterocycles. The molecule has 544 valence electrons. The third-order valence-electron chi connectivity index (χ3n) is 24.1. The molecule has 0 radical (unpaired) electrons. The SMILES string of the molecule is c1ccc(-c2c3ccccc3c(-c3ccc4c(c3)sc3c5ccccc5ccc43)c3ccccc23)cc1.c1ccc(-c2c3ccccc3c(-c3ccc4sc5cc6ccccc6cc5c4c3)c3ccccc23)cc1.c1ccc(-c2c3ccccc3c(-c3cccc(-c4ccc5sc6c7ccccc7ccc6c5c4)c3)c3ccccc23)cc1. The van der Waals surface area contributed by atoms with E-state index in [2.05, 4.69) is 425 Å². The van der Waals surface area contributed by atoms with E-state index in [0.717, 1.165) is 0 Å². The first-order valence-corrected chi connectivity index (χ1v) is 42.6. The van der Waals surface area contributed by atoms with Gasteiger partial charge >= 0.3 is 0 Å². The summed E-state index contributed by atoms with van der Waals surface area (Å²) < 4.78 is 8.10. The first-order chi connectivity index (χ1) is 58.0. The highest BCUT2D eigenvalue weighted by molar-refractivity contribution is 7.27. The molecule has 0 unspecified atom stereocenters. The molecule has 0 aliphatic rings. The second kappa shape index (κ2) is 28.4. The Morgan fingerprint density at radius 2 is 0.376 bits per heavy atom. The summed E-state index contributed by atoms with van der Waals surface area (Å²) in [6.45, 7) is 0. The lowest BCUT2D eigenvalue weighted by molar-refractivity contribution is 1.63. The lowest BCUT2D eigenvalue weighted by Crippen LogP contribution is -1.91. The van der Waals surface area contributed by atoms with Gasteiger partial charge in [0.15, 0.2) is 0 Å². The Morgan fingerprint density at radius 1 is 0.111 bits per heavy atom. The van der Waals surface area contributed by atoms with Crippen LogP contribution in [0, 0.1) is 0 Å². The molecule has 3 heteroatoms. The van der Waals surface area contributed by atoms with Crippen LogP contribution in [0.2, 0.25) is 0 Å². The predicted octanol–water partition coefficient (Wildman–Crippen LogP) is 34.2. The zero-order chi connectivity index (χ0) is 77.0. The second-order valence-electron chi connectivity index (χ2n) is 30.7. The van der Waals surface area contributed by atoms with Crippen LogP contribution in [0.5, 0.6) is 0 Å². The van der Waals surface area contributed by atoms with Gasteiger partial charge in [-0.2, -0.15) is 0 Å². The molecule has 0 saturated heterocycles. The van der Waals surface area contributed by atoms with E-state index in [4.69, 9.17) is 0 Å². The van der Waals surface area contributed by atoms with Crippen molar-refractivity contribution in [2.45, 2.75) is 0 Å². The zero-order valence-electron chi connectivity index (χ0n) is 63.6. The molecule has 0 bridgehead atoms. The molecule has 0 aliphatic heterocycles. The van der Waals surface area contributed by atoms with Gasteiger partial charge in [-0.3, -0.25) is 0 Å². The molecule has 0 spiro atoms. The van der Waals surface area contributed by atoms with Crippen LogP contribution < -0.4 is 0 Å². The zero-order valence-corrected chi connectivity index (χ0v) is 66.1. The molecule has 117 heavy (non-hydrogen) atoms. The number of benzene rings is 22. The van der Waals surface area contributed by atoms with Gasteiger partial charge in [0.2, 0.25) is 0 Å². The summed E-state index contributed by atoms with van der Waals surface area (Å²) in [5, 5.41) is 31.4. The standard InChI is InChI=1S/C42H26S.2C36H22S/c1-2-12-28(13-3-1)40-33-17-6-8-19-35(33)41(36-20-9-7-18-34(36)40)31-15-10-14-29(25-31)30-22-24-39-38(26-30)37-23-21-27-11-4-5-16-32(27)42(37)43-39;1-2-11-24(12-3-1)34-28-14-6-8-16-30(28)35(31-17-9-7-15-29(31)34)25-19-20-27-32-21-18-23-10-4-5-13-26(23)36(32)37-33(27)22-25;1-2-10-23(11-3-1)35-27-14-6-8-16-29(27)36(30-17-9-7-15-28(30)35)26-18-19-33-31(21-26)32-20-24-12-4-5-13-25(24)22-34(32)37-33/h1-26H;2*1-22H. The number of hydrogen-bond donors (Lipinski definition) is 0. The van der Waals surface area contributed by atoms with Gasteiger partial charge in [-0.25, -0.2) is 0 Å². The Hall–Kier alpha value is -14.2. The van der Waals surface area contributed by atoms with Crippen molar-refractivity contribution in [2.75, 3.05) is 0 Å². The van der Waals surface area contributed by atoms with Gasteiger partial charge < -0.3 is 0 Å². The Balaban J connectivity index is 0.000000104. The van der Waals surface area contributed by atoms with Crippen LogP contribution in [0.25, 0.3) is 235 Å². The highest BCUT2D eigenvalue weighted by Crippen LogP contribution is 2.51. The van der Waals surface area contributed by atoms with Crippen molar-refractivity contribution in [3.63, 3.8) is 0 Å². The van der Waals surface area contributed by atoms with Crippen LogP contribution in [0.4, 0.5) is 0 Å². The minimum atomic E-state index is 1.24. The van der Waals surface area contributed by atoms with Gasteiger partial charge in [0.1, 0.15) is 0 Å². The summed E-state index contributed by atoms with van der Waals surface area (Å²) in [7, 11) is 0. The van der Waals surface area contributed by atoms with E-state index in [-0.39, 0.29) is 0 Å². The molecule has 3 heterocycles. The first-order valence-electron chi connectivity index (χ1n) is 40.2. The maximum atomic E-state index is 2.42. The van der Waals surface area contributed by atoms with Crippen molar-refractivity contribution >= 4 is 191 Å². The molecule has 0 aliphatic carbocycles. The third kappa shape index (κ3) is 11.6. The maximum absolute atomic E-state index is 2.42. The third-order valence-corrected chi connectivity index (χ3v) is 27.7. The largest absolute Gasteiger partial charge is 0.135 e. The van der Waals surface area contributed by atoms with Crippen molar-refractivity contribution in [1.29, 1.82) is 0 Å². The number of fused-ring (bicyclic) bond motifs is 20. The Labute approximate surface area is 688 Å². The van der Waals surface area contributed by atoms with Crippen LogP contribution >= 0.6 is 34.0 Å². The summed E-state index contributed by atoms with van der Waals surface area (Å²) in [5.74, 6) is 0. The fraction of sp³-hybridized carbons (Fsp3) is 0. The van der Waals surface area contributed by atoms with Crippen molar-refractivity contribution < 1.29 is 0 Å². The number of rotatable bonds is 7. The molecule has 25 rings (SSSR count). The summed E-state index contributed by atoms with van der Waals surface area (Å²) in [6.07, 6.45) is 0. The van der Waals surface area contributed by atoms with Gasteiger partial charge in [0, 0.05) is 60.5 Å². The maximum Gasteiger partial charge on any atom is 0.0433 e. The highest BCUT2D eigenvalue weighted by Gasteiger charge is 2.23. The Bertz CT molecular complexity index is 8130. The molecule has 22 aromatic carbocycles. The van der Waals surface area contributed by atoms with E-state index >= 15 is 0 Å². The van der Waals surface area contributed by atoms with Gasteiger partial charge in [0.05, 0.1) is 0 Å². The van der Waals surface area contributed by atoms with Gasteiger partial charge in [-0.15, -0.1) is 34.0 Å². The normalized spacial score (nSPS) is 11.8. The first kappa shape index (κ1) is 68.4. The van der Waals surface area contributed by atoms with Crippen LogP contribution in [0.1, 0.15) is 0 Å². The monoisotopic (exact) mass is 1530 g/mol. The lowest BCUT2D eigenvalue weighted by atomic mass is 9.85. The second-order valence-corrected chi connectivity index (χ2v) is 33.9. The lowest BCUT2D eigenvalue weighted by Gasteiger charge is -2.18. The Kier molecular flexibility index (Phi) is 16.6. The van der Waals surface area contributed by atoms with Crippen LogP contribution in [-0.4, -0.2) is 0 Å². The fourth-order valence-corrected chi connectivity index (χ4v) is 22.5. The molecule has 0 N–H and O–H groups in total. The molecule has 0 atom stereocenters. The van der Waals surface area contributed by atoms with Crippen molar-refractivity contribution in [3.05, 3.63) is 425 Å². The van der Waals surface area contributed by atoms with Crippen LogP contribution in [0.15, 0.2) is 425 Å². The minimum absolute atomic E-state index is 1.24. The van der Waals surface area contributed by atoms with Gasteiger partial charge in [-0.05, 0) is 223 Å². The van der Waals surface area contributed by atoms with E-state index in [1.165, 1.54) is 235 Å². The summed E-state index contributed by atoms with van der Waals surface area (Å²) >= 11 is 5.70. The van der Waals surface area contributed by atoms with E-state index in [1.807, 2.05) is 34.0 Å². The molecule has 0 fully saturated rings. The number of thiophene rings is 3. The van der Waals surface area contributed by atoms with E-state index in [1.54, 1.807) is 0 Å². The summed E-state index contributed by atoms with van der Waals surface area (Å²) in [6, 6.07) is 156. The van der Waals surface area contributed by atoms with Crippen molar-refractivity contribution in [1.82, 2.24) is 0 Å². The van der Waals surface area contributed by atoms with Crippen LogP contribution in [-0.2, 0) is 0 Å². The predicted molar refractivity (Wildman–Crippen MR) is 514 cm³/mol. The summed E-state index contributed by atoms with van der Waals surface area (Å²) in [4.78, 5) is 0. The number of hydrogen-bond acceptors (Lipinski definition) is 3. The van der Waals surface area contributed by atoms with Crippen molar-refractivity contribution in [2.24, 2.45) is 0 Å². The molecule has 25 aromatic rings. The molecule has 0 amide bonds. The fourth-order valence-electron chi connectivity index (χ4n) is 18.9. The minimum Gasteiger partial charge on any atom is -0.135 e. The average Bonchev–Trinajstić information content (AvgIpc) is 0.921. The van der Waals surface area contributed by atoms with Crippen LogP contribution in [0.3, 0.4) is 0 Å². The van der Waals surface area contributed by atoms with E-state index in [9.17, 15) is 0 Å². The smallest absolute Gasteiger partial charge is 0.0433 e. The molecule has 0 saturated carbocycles. The molecular weight excluding hydrogens is 1470 g/mol. The molecule has 0 nitrogen and oxygen atoms in total. The van der Waals surface area contributed by atoms with Gasteiger partial charge in [0.25, 0.3) is 0 Å². The van der Waals surface area contributed by atoms with E-state index in [0.29, 0.717) is 0 Å². The summed E-state index contributed by atoms with van der Waals surface area (Å²) in [5.41, 5.74) is 17.9. The Morgan fingerprint density at radius 3 is 0.821 bits per heavy atom. The van der Waals surface area contributed by atoms with Gasteiger partial charge in [-0.1, -0.05) is 376 Å². The average molecular weight is 1540 g/mol. The topological polar surface area (TPSA) is 0 Å². The molecular formula is C114H70S3. The highest BCUT2D eigenvalue weighted by atomic mass is 32.1. The quantitative estimate of drug-likeness (QED) is 0.140. The van der Waals surface area contributed by atoms with Crippen molar-refractivity contribution in [3.8, 4) is 77.9 Å².